The summed E-state index contributed by atoms with van der Waals surface area (Å²) < 4.78 is 56.8. The number of allylic oxidation sites excluding steroid dienone is 1. The molecule has 93 heavy (non-hydrogen) atoms. The second kappa shape index (κ2) is 34.3. The molecule has 0 unspecified atom stereocenters. The number of hydrogen-bond acceptors (Lipinski definition) is 17. The number of amides is 7. The van der Waals surface area contributed by atoms with E-state index in [2.05, 4.69) is 10.6 Å². The number of halogens is 1. The molecule has 24 nitrogen and oxygen atoms in total. The molecule has 0 radical (unpaired) electrons. The Kier molecular flexibility index (Phi) is 26.2. The molecule has 3 aliphatic rings. The predicted molar refractivity (Wildman–Crippen MR) is 336 cm³/mol. The van der Waals surface area contributed by atoms with Crippen LogP contribution in [0.1, 0.15) is 87.2 Å². The summed E-state index contributed by atoms with van der Waals surface area (Å²) >= 11 is 0. The van der Waals surface area contributed by atoms with Crippen molar-refractivity contribution in [3.63, 3.8) is 0 Å². The van der Waals surface area contributed by atoms with E-state index in [9.17, 15) is 47.9 Å². The number of methoxy groups -OCH3 is 2. The van der Waals surface area contributed by atoms with Crippen molar-refractivity contribution in [2.24, 2.45) is 5.41 Å². The van der Waals surface area contributed by atoms with Crippen LogP contribution in [0, 0.1) is 11.2 Å². The molecule has 2 bridgehead atoms. The SMILES string of the molecule is COc1ccc(CC[C@H]2OC(=O)[C@@H]3CCCCN3C(=O)C(=O)C(C)(C)COC(=O)C=CCCCCN(C)C(=O)CNC(=O)CN(C)C(=O)[C@@H](Cc3ccccc3)NC(=O)[C@H](Cc3ccc(OC(=O)N4CCOCC4)cc3)N(C)C(=O)COc3cccc2c3F)cc1OC. The van der Waals surface area contributed by atoms with Gasteiger partial charge in [-0.25, -0.2) is 18.8 Å². The van der Waals surface area contributed by atoms with Gasteiger partial charge in [-0.2, -0.15) is 0 Å². The molecule has 3 heterocycles. The van der Waals surface area contributed by atoms with E-state index in [0.29, 0.717) is 93.1 Å². The number of benzene rings is 4. The Morgan fingerprint density at radius 1 is 0.731 bits per heavy atom. The normalized spacial score (nSPS) is 21.2. The first-order chi connectivity index (χ1) is 44.6. The van der Waals surface area contributed by atoms with E-state index >= 15 is 4.39 Å². The van der Waals surface area contributed by atoms with Gasteiger partial charge in [0.1, 0.15) is 36.6 Å². The van der Waals surface area contributed by atoms with Gasteiger partial charge < -0.3 is 68.3 Å². The monoisotopic (exact) mass is 1290 g/mol. The van der Waals surface area contributed by atoms with Gasteiger partial charge in [-0.1, -0.05) is 66.7 Å². The van der Waals surface area contributed by atoms with Gasteiger partial charge in [0.2, 0.25) is 29.4 Å². The average Bonchev–Trinajstić information content (AvgIpc) is 0.929. The lowest BCUT2D eigenvalue weighted by molar-refractivity contribution is -0.165. The highest BCUT2D eigenvalue weighted by Gasteiger charge is 2.43. The molecule has 500 valence electrons. The predicted octanol–water partition coefficient (Wildman–Crippen LogP) is 5.36. The molecule has 3 aliphatic heterocycles. The minimum absolute atomic E-state index is 0.0192. The van der Waals surface area contributed by atoms with Gasteiger partial charge in [0.05, 0.1) is 45.9 Å². The minimum atomic E-state index is -1.53. The number of rotatable bonds is 10. The molecular formula is C68H84FN7O17. The number of ketones is 1. The lowest BCUT2D eigenvalue weighted by Crippen LogP contribution is -2.56. The van der Waals surface area contributed by atoms with Crippen LogP contribution in [0.5, 0.6) is 23.0 Å². The number of nitrogens with zero attached hydrogens (tertiary/aromatic N) is 5. The van der Waals surface area contributed by atoms with Crippen LogP contribution in [0.15, 0.2) is 103 Å². The molecule has 4 atom stereocenters. The standard InChI is InChI=1S/C68H84FN7O17/c1-68(2)44-91-60(80)23-13-8-9-15-32-72(3)58(78)41-70-57(77)42-73(4)64(83)50(38-45-18-11-10-12-19-45)71-63(82)52(39-46-24-28-48(29-25-46)92-67(86)75-34-36-89-37-35-75)74(5)59(79)43-90-55-22-17-20-49(61(55)69)53(30-26-47-27-31-54(87-6)56(40-47)88-7)93-66(85)51-21-14-16-33-76(51)65(84)62(68)81/h10-13,17-20,22-25,27-29,31,40,50-53H,8-9,14-16,21,26,30,32-39,41-44H2,1-7H3,(H,70,77)(H,71,82)/t50-,51+,52+,53-/m1/s1. The van der Waals surface area contributed by atoms with Crippen molar-refractivity contribution in [3.05, 3.63) is 131 Å². The summed E-state index contributed by atoms with van der Waals surface area (Å²) in [6.07, 6.45) is 3.37. The summed E-state index contributed by atoms with van der Waals surface area (Å²) in [4.78, 5) is 145. The van der Waals surface area contributed by atoms with Crippen molar-refractivity contribution in [2.45, 2.75) is 102 Å². The van der Waals surface area contributed by atoms with Crippen LogP contribution in [-0.4, -0.2) is 203 Å². The number of Topliss-reactive ketones (excluding diaryl/α,β-unsaturated/α-hetero) is 1. The molecule has 2 saturated heterocycles. The van der Waals surface area contributed by atoms with E-state index in [-0.39, 0.29) is 56.5 Å². The first kappa shape index (κ1) is 71.1. The summed E-state index contributed by atoms with van der Waals surface area (Å²) in [7, 11) is 7.24. The largest absolute Gasteiger partial charge is 0.493 e. The Balaban J connectivity index is 1.20. The first-order valence-electron chi connectivity index (χ1n) is 31.1. The number of ether oxygens (including phenoxy) is 7. The number of carbonyl (C=O) groups excluding carboxylic acids is 10. The van der Waals surface area contributed by atoms with Crippen LogP contribution >= 0.6 is 0 Å². The van der Waals surface area contributed by atoms with E-state index in [4.69, 9.17) is 33.2 Å². The summed E-state index contributed by atoms with van der Waals surface area (Å²) in [5, 5.41) is 5.39. The topological polar surface area (TPSA) is 276 Å². The number of piperidine rings is 1. The minimum Gasteiger partial charge on any atom is -0.493 e. The molecule has 0 saturated carbocycles. The van der Waals surface area contributed by atoms with Crippen LogP contribution in [0.2, 0.25) is 0 Å². The summed E-state index contributed by atoms with van der Waals surface area (Å²) in [6.45, 7) is 2.45. The number of likely N-dealkylation sites (N-methyl/N-ethyl adjacent to an activating group) is 3. The van der Waals surface area contributed by atoms with Crippen LogP contribution in [0.25, 0.3) is 0 Å². The number of cyclic esters (lactones) is 2. The number of morpholine rings is 1. The molecule has 25 heteroatoms. The van der Waals surface area contributed by atoms with Crippen LogP contribution in [0.4, 0.5) is 9.18 Å². The fourth-order valence-corrected chi connectivity index (χ4v) is 10.7. The molecule has 0 aliphatic carbocycles. The van der Waals surface area contributed by atoms with Gasteiger partial charge in [0.15, 0.2) is 29.7 Å². The maximum Gasteiger partial charge on any atom is 0.415 e. The number of fused-ring (bicyclic) bond motifs is 3. The molecule has 2 fully saturated rings. The lowest BCUT2D eigenvalue weighted by atomic mass is 9.87. The van der Waals surface area contributed by atoms with Crippen molar-refractivity contribution >= 4 is 59.3 Å². The Morgan fingerprint density at radius 3 is 2.15 bits per heavy atom. The first-order valence-corrected chi connectivity index (χ1v) is 31.1. The number of esters is 2. The third kappa shape index (κ3) is 20.3. The van der Waals surface area contributed by atoms with Gasteiger partial charge in [0, 0.05) is 71.8 Å². The zero-order valence-corrected chi connectivity index (χ0v) is 53.8. The second-order valence-corrected chi connectivity index (χ2v) is 23.7. The van der Waals surface area contributed by atoms with Crippen molar-refractivity contribution in [1.82, 2.24) is 35.1 Å². The number of nitrogens with one attached hydrogen (secondary N) is 2. The van der Waals surface area contributed by atoms with Crippen LogP contribution in [-0.2, 0) is 76.6 Å². The van der Waals surface area contributed by atoms with Gasteiger partial charge in [-0.15, -0.1) is 0 Å². The number of carbonyl (C=O) groups is 10. The van der Waals surface area contributed by atoms with Gasteiger partial charge >= 0.3 is 18.0 Å². The summed E-state index contributed by atoms with van der Waals surface area (Å²) in [5.74, 6) is -7.30. The molecule has 7 amide bonds. The maximum absolute atomic E-state index is 17.3. The molecule has 2 N–H and O–H groups in total. The zero-order chi connectivity index (χ0) is 67.2. The van der Waals surface area contributed by atoms with Crippen molar-refractivity contribution in [3.8, 4) is 23.0 Å². The van der Waals surface area contributed by atoms with E-state index in [1.54, 1.807) is 73.8 Å². The lowest BCUT2D eigenvalue weighted by Gasteiger charge is -2.36. The third-order valence-electron chi connectivity index (χ3n) is 16.4. The summed E-state index contributed by atoms with van der Waals surface area (Å²) in [5.41, 5.74) is 0.160. The van der Waals surface area contributed by atoms with Gasteiger partial charge in [-0.05, 0) is 112 Å². The molecule has 4 aromatic rings. The Hall–Kier alpha value is -9.39. The van der Waals surface area contributed by atoms with Crippen molar-refractivity contribution in [1.29, 1.82) is 0 Å². The number of hydrogen-bond donors (Lipinski definition) is 2. The van der Waals surface area contributed by atoms with E-state index < -0.39 is 120 Å². The quantitative estimate of drug-likeness (QED) is 0.149. The Morgan fingerprint density at radius 2 is 1.43 bits per heavy atom. The molecule has 0 spiro atoms. The fraction of sp³-hybridized carbons (Fsp3) is 0.471. The molecular weight excluding hydrogens is 1210 g/mol. The highest BCUT2D eigenvalue weighted by Crippen LogP contribution is 2.35. The summed E-state index contributed by atoms with van der Waals surface area (Å²) in [6, 6.07) is 20.4. The van der Waals surface area contributed by atoms with E-state index in [1.165, 1.54) is 88.4 Å². The van der Waals surface area contributed by atoms with Crippen molar-refractivity contribution in [2.75, 3.05) is 101 Å². The van der Waals surface area contributed by atoms with E-state index in [1.807, 2.05) is 0 Å². The Bertz CT molecular complexity index is 3320. The second-order valence-electron chi connectivity index (χ2n) is 23.7. The van der Waals surface area contributed by atoms with Crippen LogP contribution < -0.4 is 29.6 Å². The molecule has 7 rings (SSSR count). The van der Waals surface area contributed by atoms with Gasteiger partial charge in [0.25, 0.3) is 11.8 Å². The third-order valence-corrected chi connectivity index (χ3v) is 16.4. The average molecular weight is 1290 g/mol. The molecule has 4 aromatic carbocycles. The van der Waals surface area contributed by atoms with Gasteiger partial charge in [-0.3, -0.25) is 33.6 Å². The smallest absolute Gasteiger partial charge is 0.415 e. The zero-order valence-electron chi connectivity index (χ0n) is 53.8. The van der Waals surface area contributed by atoms with E-state index in [0.717, 1.165) is 14.7 Å². The highest BCUT2D eigenvalue weighted by atomic mass is 19.1. The van der Waals surface area contributed by atoms with Crippen molar-refractivity contribution < 1.29 is 85.5 Å². The molecule has 0 aromatic heterocycles. The number of aryl methyl sites for hydroxylation is 1. The van der Waals surface area contributed by atoms with Crippen LogP contribution in [0.3, 0.4) is 0 Å². The maximum atomic E-state index is 17.3. The highest BCUT2D eigenvalue weighted by molar-refractivity contribution is 6.38. The fourth-order valence-electron chi connectivity index (χ4n) is 10.7. The Labute approximate surface area is 540 Å².